The van der Waals surface area contributed by atoms with Crippen molar-refractivity contribution in [3.63, 3.8) is 0 Å². The first kappa shape index (κ1) is 20.3. The fourth-order valence-corrected chi connectivity index (χ4v) is 3.14. The average molecular weight is 359 g/mol. The average Bonchev–Trinajstić information content (AvgIpc) is 2.61. The molecule has 0 spiro atoms. The number of aryl methyl sites for hydroxylation is 1. The van der Waals surface area contributed by atoms with Gasteiger partial charge in [0.05, 0.1) is 6.54 Å². The van der Waals surface area contributed by atoms with Crippen molar-refractivity contribution < 1.29 is 4.74 Å². The van der Waals surface area contributed by atoms with Crippen LogP contribution in [0.5, 0.6) is 5.75 Å². The molecule has 1 saturated heterocycles. The molecule has 5 heteroatoms. The summed E-state index contributed by atoms with van der Waals surface area (Å²) >= 11 is 0. The molecule has 0 bridgehead atoms. The van der Waals surface area contributed by atoms with Crippen LogP contribution in [0.3, 0.4) is 0 Å². The molecule has 0 aromatic heterocycles. The van der Waals surface area contributed by atoms with E-state index in [1.54, 1.807) is 0 Å². The maximum Gasteiger partial charge on any atom is 0.191 e. The lowest BCUT2D eigenvalue weighted by atomic mass is 10.0. The van der Waals surface area contributed by atoms with E-state index in [2.05, 4.69) is 60.0 Å². The molecule has 2 rings (SSSR count). The molecule has 0 radical (unpaired) electrons. The van der Waals surface area contributed by atoms with E-state index in [1.165, 1.54) is 11.1 Å². The zero-order chi connectivity index (χ0) is 18.9. The lowest BCUT2D eigenvalue weighted by Gasteiger charge is -2.33. The number of hydrogen-bond acceptors (Lipinski definition) is 3. The van der Waals surface area contributed by atoms with Gasteiger partial charge in [-0.05, 0) is 45.7 Å². The zero-order valence-corrected chi connectivity index (χ0v) is 16.7. The van der Waals surface area contributed by atoms with E-state index in [0.717, 1.165) is 44.2 Å². The van der Waals surface area contributed by atoms with Gasteiger partial charge in [-0.2, -0.15) is 0 Å². The van der Waals surface area contributed by atoms with Crippen molar-refractivity contribution in [2.24, 2.45) is 4.99 Å². The highest BCUT2D eigenvalue weighted by molar-refractivity contribution is 5.80. The van der Waals surface area contributed by atoms with E-state index in [4.69, 9.17) is 4.74 Å². The topological polar surface area (TPSA) is 48.9 Å². The van der Waals surface area contributed by atoms with Crippen molar-refractivity contribution >= 4 is 5.96 Å². The SMILES string of the molecule is C=C(C)CN1CCC(NC(=NC)NCC(C)Oc2ccc(C)cc2)CC1. The predicted molar refractivity (Wildman–Crippen MR) is 110 cm³/mol. The van der Waals surface area contributed by atoms with Crippen molar-refractivity contribution in [2.75, 3.05) is 33.2 Å². The van der Waals surface area contributed by atoms with Crippen LogP contribution in [-0.4, -0.2) is 56.2 Å². The standard InChI is InChI=1S/C21H34N4O/c1-16(2)15-25-12-10-19(11-13-25)24-21(22-5)23-14-18(4)26-20-8-6-17(3)7-9-20/h6-9,18-19H,1,10-15H2,2-5H3,(H2,22,23,24). The summed E-state index contributed by atoms with van der Waals surface area (Å²) in [4.78, 5) is 6.82. The van der Waals surface area contributed by atoms with Gasteiger partial charge < -0.3 is 15.4 Å². The fraction of sp³-hybridized carbons (Fsp3) is 0.571. The van der Waals surface area contributed by atoms with Crippen LogP contribution in [0.25, 0.3) is 0 Å². The summed E-state index contributed by atoms with van der Waals surface area (Å²) in [6.45, 7) is 14.2. The number of nitrogens with zero attached hydrogens (tertiary/aromatic N) is 2. The van der Waals surface area contributed by atoms with Crippen LogP contribution in [0.15, 0.2) is 41.4 Å². The monoisotopic (exact) mass is 358 g/mol. The van der Waals surface area contributed by atoms with Crippen LogP contribution in [0.4, 0.5) is 0 Å². The van der Waals surface area contributed by atoms with Crippen LogP contribution in [-0.2, 0) is 0 Å². The van der Waals surface area contributed by atoms with Gasteiger partial charge in [-0.25, -0.2) is 0 Å². The quantitative estimate of drug-likeness (QED) is 0.447. The first-order valence-corrected chi connectivity index (χ1v) is 9.53. The second kappa shape index (κ2) is 10.2. The molecule has 1 aromatic rings. The Hall–Kier alpha value is -2.01. The summed E-state index contributed by atoms with van der Waals surface area (Å²) in [6, 6.07) is 8.62. The number of rotatable bonds is 7. The Morgan fingerprint density at radius 1 is 1.31 bits per heavy atom. The van der Waals surface area contributed by atoms with Crippen LogP contribution < -0.4 is 15.4 Å². The molecule has 1 heterocycles. The third-order valence-corrected chi connectivity index (χ3v) is 4.56. The van der Waals surface area contributed by atoms with E-state index >= 15 is 0 Å². The van der Waals surface area contributed by atoms with Gasteiger partial charge in [0.2, 0.25) is 0 Å². The lowest BCUT2D eigenvalue weighted by Crippen LogP contribution is -2.50. The Morgan fingerprint density at radius 3 is 2.54 bits per heavy atom. The second-order valence-electron chi connectivity index (χ2n) is 7.35. The number of hydrogen-bond donors (Lipinski definition) is 2. The molecule has 1 unspecified atom stereocenters. The molecule has 144 valence electrons. The van der Waals surface area contributed by atoms with Gasteiger partial charge in [0.1, 0.15) is 11.9 Å². The molecule has 0 aliphatic carbocycles. The highest BCUT2D eigenvalue weighted by Crippen LogP contribution is 2.13. The molecule has 5 nitrogen and oxygen atoms in total. The van der Waals surface area contributed by atoms with Gasteiger partial charge in [0, 0.05) is 32.7 Å². The summed E-state index contributed by atoms with van der Waals surface area (Å²) < 4.78 is 5.95. The van der Waals surface area contributed by atoms with E-state index in [0.29, 0.717) is 12.6 Å². The summed E-state index contributed by atoms with van der Waals surface area (Å²) in [5.74, 6) is 1.75. The largest absolute Gasteiger partial charge is 0.489 e. The molecule has 1 aliphatic rings. The Balaban J connectivity index is 1.70. The van der Waals surface area contributed by atoms with E-state index in [9.17, 15) is 0 Å². The minimum Gasteiger partial charge on any atom is -0.489 e. The second-order valence-corrected chi connectivity index (χ2v) is 7.35. The Labute approximate surface area is 158 Å². The van der Waals surface area contributed by atoms with Crippen molar-refractivity contribution in [3.05, 3.63) is 42.0 Å². The Kier molecular flexibility index (Phi) is 7.98. The first-order chi connectivity index (χ1) is 12.5. The minimum absolute atomic E-state index is 0.0636. The molecule has 1 aromatic carbocycles. The number of likely N-dealkylation sites (tertiary alicyclic amines) is 1. The van der Waals surface area contributed by atoms with E-state index in [1.807, 2.05) is 19.2 Å². The fourth-order valence-electron chi connectivity index (χ4n) is 3.14. The number of guanidine groups is 1. The summed E-state index contributed by atoms with van der Waals surface area (Å²) in [7, 11) is 1.82. The molecule has 1 atom stereocenters. The Morgan fingerprint density at radius 2 is 1.96 bits per heavy atom. The summed E-state index contributed by atoms with van der Waals surface area (Å²) in [6.07, 6.45) is 2.32. The van der Waals surface area contributed by atoms with Crippen molar-refractivity contribution in [2.45, 2.75) is 45.8 Å². The molecule has 0 saturated carbocycles. The molecular weight excluding hydrogens is 324 g/mol. The number of ether oxygens (including phenoxy) is 1. The molecule has 26 heavy (non-hydrogen) atoms. The molecular formula is C21H34N4O. The summed E-state index contributed by atoms with van der Waals surface area (Å²) in [5, 5.41) is 6.92. The third-order valence-electron chi connectivity index (χ3n) is 4.56. The van der Waals surface area contributed by atoms with Crippen LogP contribution in [0, 0.1) is 6.92 Å². The highest BCUT2D eigenvalue weighted by Gasteiger charge is 2.19. The molecule has 1 aliphatic heterocycles. The summed E-state index contributed by atoms with van der Waals surface area (Å²) in [5.41, 5.74) is 2.47. The lowest BCUT2D eigenvalue weighted by molar-refractivity contribution is 0.216. The van der Waals surface area contributed by atoms with Crippen LogP contribution >= 0.6 is 0 Å². The number of aliphatic imine (C=N–C) groups is 1. The van der Waals surface area contributed by atoms with Gasteiger partial charge in [-0.1, -0.05) is 29.8 Å². The van der Waals surface area contributed by atoms with Crippen molar-refractivity contribution in [3.8, 4) is 5.75 Å². The molecule has 1 fully saturated rings. The van der Waals surface area contributed by atoms with Gasteiger partial charge in [-0.15, -0.1) is 0 Å². The predicted octanol–water partition coefficient (Wildman–Crippen LogP) is 2.97. The van der Waals surface area contributed by atoms with Crippen LogP contribution in [0.2, 0.25) is 0 Å². The maximum absolute atomic E-state index is 5.95. The van der Waals surface area contributed by atoms with Crippen molar-refractivity contribution in [1.29, 1.82) is 0 Å². The smallest absolute Gasteiger partial charge is 0.191 e. The van der Waals surface area contributed by atoms with E-state index in [-0.39, 0.29) is 6.10 Å². The van der Waals surface area contributed by atoms with E-state index < -0.39 is 0 Å². The van der Waals surface area contributed by atoms with Gasteiger partial charge in [0.25, 0.3) is 0 Å². The van der Waals surface area contributed by atoms with Crippen molar-refractivity contribution in [1.82, 2.24) is 15.5 Å². The highest BCUT2D eigenvalue weighted by atomic mass is 16.5. The number of benzene rings is 1. The van der Waals surface area contributed by atoms with Crippen LogP contribution in [0.1, 0.15) is 32.3 Å². The maximum atomic E-state index is 5.95. The zero-order valence-electron chi connectivity index (χ0n) is 16.7. The first-order valence-electron chi connectivity index (χ1n) is 9.53. The third kappa shape index (κ3) is 7.08. The minimum atomic E-state index is 0.0636. The Bertz CT molecular complexity index is 589. The normalized spacial score (nSPS) is 17.6. The van der Waals surface area contributed by atoms with Gasteiger partial charge in [0.15, 0.2) is 5.96 Å². The van der Waals surface area contributed by atoms with Gasteiger partial charge >= 0.3 is 0 Å². The number of piperidine rings is 1. The van der Waals surface area contributed by atoms with Gasteiger partial charge in [-0.3, -0.25) is 9.89 Å². The molecule has 2 N–H and O–H groups in total. The molecule has 0 amide bonds. The number of nitrogens with one attached hydrogen (secondary N) is 2.